The number of carbonyl (C=O) groups is 2. The number of aryl methyl sites for hydroxylation is 1. The molecule has 0 saturated heterocycles. The number of nitrogens with zero attached hydrogens (tertiary/aromatic N) is 1. The molecular weight excluding hydrogens is 172 g/mol. The number of aromatic nitrogens is 1. The van der Waals surface area contributed by atoms with Crippen molar-refractivity contribution < 1.29 is 14.1 Å². The van der Waals surface area contributed by atoms with Gasteiger partial charge in [-0.15, -0.1) is 0 Å². The molecule has 70 valence electrons. The molecule has 13 heavy (non-hydrogen) atoms. The number of amides is 1. The molecule has 0 spiro atoms. The first kappa shape index (κ1) is 9.44. The largest absolute Gasteiger partial charge is 0.351 e. The van der Waals surface area contributed by atoms with E-state index in [1.165, 1.54) is 13.0 Å². The molecule has 5 nitrogen and oxygen atoms in total. The average molecular weight is 182 g/mol. The Bertz CT molecular complexity index is 330. The van der Waals surface area contributed by atoms with Crippen LogP contribution in [0.2, 0.25) is 0 Å². The summed E-state index contributed by atoms with van der Waals surface area (Å²) in [5.41, 5.74) is 0.632. The van der Waals surface area contributed by atoms with Gasteiger partial charge in [-0.2, -0.15) is 0 Å². The van der Waals surface area contributed by atoms with Crippen molar-refractivity contribution in [2.24, 2.45) is 0 Å². The predicted molar refractivity (Wildman–Crippen MR) is 44.3 cm³/mol. The fourth-order valence-electron chi connectivity index (χ4n) is 0.762. The molecule has 0 fully saturated rings. The molecule has 1 aromatic rings. The van der Waals surface area contributed by atoms with Gasteiger partial charge in [0.25, 0.3) is 5.91 Å². The zero-order chi connectivity index (χ0) is 9.84. The second kappa shape index (κ2) is 3.84. The van der Waals surface area contributed by atoms with Crippen LogP contribution in [0.1, 0.15) is 23.2 Å². The first-order valence-corrected chi connectivity index (χ1v) is 3.80. The molecule has 1 amide bonds. The van der Waals surface area contributed by atoms with E-state index in [9.17, 15) is 9.59 Å². The van der Waals surface area contributed by atoms with Crippen LogP contribution in [-0.2, 0) is 4.79 Å². The normalized spacial score (nSPS) is 9.69. The molecule has 0 saturated carbocycles. The van der Waals surface area contributed by atoms with E-state index < -0.39 is 5.91 Å². The zero-order valence-corrected chi connectivity index (χ0v) is 7.46. The Kier molecular flexibility index (Phi) is 2.79. The lowest BCUT2D eigenvalue weighted by Crippen LogP contribution is -2.27. The van der Waals surface area contributed by atoms with Crippen molar-refractivity contribution in [2.75, 3.05) is 6.54 Å². The maximum atomic E-state index is 11.2. The van der Waals surface area contributed by atoms with Crippen molar-refractivity contribution in [1.82, 2.24) is 10.5 Å². The third-order valence-electron chi connectivity index (χ3n) is 1.35. The van der Waals surface area contributed by atoms with Gasteiger partial charge in [-0.05, 0) is 13.8 Å². The highest BCUT2D eigenvalue weighted by molar-refractivity contribution is 5.94. The minimum absolute atomic E-state index is 0.0125. The minimum Gasteiger partial charge on any atom is -0.351 e. The molecule has 1 aromatic heterocycles. The highest BCUT2D eigenvalue weighted by Crippen LogP contribution is 2.00. The van der Waals surface area contributed by atoms with Crippen molar-refractivity contribution in [3.63, 3.8) is 0 Å². The summed E-state index contributed by atoms with van der Waals surface area (Å²) in [6.07, 6.45) is 0. The Balaban J connectivity index is 2.54. The summed E-state index contributed by atoms with van der Waals surface area (Å²) in [6.45, 7) is 3.12. The van der Waals surface area contributed by atoms with Crippen molar-refractivity contribution in [3.8, 4) is 0 Å². The van der Waals surface area contributed by atoms with Crippen LogP contribution in [0.3, 0.4) is 0 Å². The molecule has 0 atom stereocenters. The highest BCUT2D eigenvalue weighted by Gasteiger charge is 2.10. The third kappa shape index (κ3) is 2.70. The summed E-state index contributed by atoms with van der Waals surface area (Å²) in [5, 5.41) is 5.93. The van der Waals surface area contributed by atoms with Crippen LogP contribution in [0.25, 0.3) is 0 Å². The third-order valence-corrected chi connectivity index (χ3v) is 1.35. The van der Waals surface area contributed by atoms with Gasteiger partial charge in [0.1, 0.15) is 5.78 Å². The van der Waals surface area contributed by atoms with Crippen LogP contribution in [0.4, 0.5) is 0 Å². The molecule has 0 aromatic carbocycles. The SMILES string of the molecule is CC(=O)CNC(=O)c1cc(C)no1. The molecule has 0 aliphatic carbocycles. The summed E-state index contributed by atoms with van der Waals surface area (Å²) in [5.74, 6) is -0.404. The molecule has 1 N–H and O–H groups in total. The second-order valence-corrected chi connectivity index (χ2v) is 2.72. The van der Waals surface area contributed by atoms with Gasteiger partial charge >= 0.3 is 0 Å². The van der Waals surface area contributed by atoms with Gasteiger partial charge < -0.3 is 9.84 Å². The number of nitrogens with one attached hydrogen (secondary N) is 1. The van der Waals surface area contributed by atoms with Gasteiger partial charge in [0.2, 0.25) is 5.76 Å². The Hall–Kier alpha value is -1.65. The quantitative estimate of drug-likeness (QED) is 0.729. The lowest BCUT2D eigenvalue weighted by Gasteiger charge is -1.96. The zero-order valence-electron chi connectivity index (χ0n) is 7.46. The van der Waals surface area contributed by atoms with Crippen molar-refractivity contribution in [2.45, 2.75) is 13.8 Å². The molecule has 0 aliphatic rings. The lowest BCUT2D eigenvalue weighted by atomic mass is 10.3. The number of hydrogen-bond donors (Lipinski definition) is 1. The van der Waals surface area contributed by atoms with Crippen LogP contribution in [0.5, 0.6) is 0 Å². The molecule has 0 aliphatic heterocycles. The molecule has 0 radical (unpaired) electrons. The van der Waals surface area contributed by atoms with Crippen molar-refractivity contribution in [1.29, 1.82) is 0 Å². The maximum Gasteiger partial charge on any atom is 0.290 e. The monoisotopic (exact) mass is 182 g/mol. The summed E-state index contributed by atoms with van der Waals surface area (Å²) in [6, 6.07) is 1.51. The summed E-state index contributed by atoms with van der Waals surface area (Å²) in [4.78, 5) is 21.7. The Morgan fingerprint density at radius 3 is 2.77 bits per heavy atom. The fraction of sp³-hybridized carbons (Fsp3) is 0.375. The first-order valence-electron chi connectivity index (χ1n) is 3.80. The van der Waals surface area contributed by atoms with E-state index in [0.717, 1.165) is 0 Å². The molecule has 1 rings (SSSR count). The summed E-state index contributed by atoms with van der Waals surface area (Å²) in [7, 11) is 0. The van der Waals surface area contributed by atoms with E-state index in [0.29, 0.717) is 5.69 Å². The number of ketones is 1. The van der Waals surface area contributed by atoms with E-state index in [2.05, 4.69) is 15.0 Å². The van der Waals surface area contributed by atoms with Gasteiger partial charge in [0.05, 0.1) is 12.2 Å². The second-order valence-electron chi connectivity index (χ2n) is 2.72. The average Bonchev–Trinajstić information content (AvgIpc) is 2.47. The molecule has 0 bridgehead atoms. The van der Waals surface area contributed by atoms with Gasteiger partial charge in [-0.1, -0.05) is 5.16 Å². The number of rotatable bonds is 3. The Morgan fingerprint density at radius 1 is 1.62 bits per heavy atom. The smallest absolute Gasteiger partial charge is 0.290 e. The number of carbonyl (C=O) groups excluding carboxylic acids is 2. The van der Waals surface area contributed by atoms with Crippen molar-refractivity contribution >= 4 is 11.7 Å². The van der Waals surface area contributed by atoms with Crippen LogP contribution in [-0.4, -0.2) is 23.4 Å². The number of Topliss-reactive ketones (excluding diaryl/α,β-unsaturated/α-hetero) is 1. The van der Waals surface area contributed by atoms with E-state index in [1.54, 1.807) is 6.92 Å². The Morgan fingerprint density at radius 2 is 2.31 bits per heavy atom. The van der Waals surface area contributed by atoms with Gasteiger partial charge in [-0.25, -0.2) is 0 Å². The van der Waals surface area contributed by atoms with E-state index in [-0.39, 0.29) is 18.1 Å². The molecule has 1 heterocycles. The van der Waals surface area contributed by atoms with Gasteiger partial charge in [0, 0.05) is 6.07 Å². The van der Waals surface area contributed by atoms with E-state index >= 15 is 0 Å². The molecule has 5 heteroatoms. The topological polar surface area (TPSA) is 72.2 Å². The highest BCUT2D eigenvalue weighted by atomic mass is 16.5. The summed E-state index contributed by atoms with van der Waals surface area (Å²) < 4.78 is 4.69. The lowest BCUT2D eigenvalue weighted by molar-refractivity contribution is -0.116. The minimum atomic E-state index is -0.421. The van der Waals surface area contributed by atoms with Crippen LogP contribution in [0, 0.1) is 6.92 Å². The van der Waals surface area contributed by atoms with Crippen LogP contribution >= 0.6 is 0 Å². The number of hydrogen-bond acceptors (Lipinski definition) is 4. The molecule has 0 unspecified atom stereocenters. The Labute approximate surface area is 75.1 Å². The van der Waals surface area contributed by atoms with Crippen LogP contribution in [0.15, 0.2) is 10.6 Å². The maximum absolute atomic E-state index is 11.2. The first-order chi connectivity index (χ1) is 6.09. The van der Waals surface area contributed by atoms with E-state index in [4.69, 9.17) is 0 Å². The standard InChI is InChI=1S/C8H10N2O3/c1-5-3-7(13-10-5)8(12)9-4-6(2)11/h3H,4H2,1-2H3,(H,9,12). The van der Waals surface area contributed by atoms with Crippen molar-refractivity contribution in [3.05, 3.63) is 17.5 Å². The van der Waals surface area contributed by atoms with Crippen LogP contribution < -0.4 is 5.32 Å². The fourth-order valence-corrected chi connectivity index (χ4v) is 0.762. The summed E-state index contributed by atoms with van der Waals surface area (Å²) >= 11 is 0. The van der Waals surface area contributed by atoms with E-state index in [1.807, 2.05) is 0 Å². The predicted octanol–water partition coefficient (Wildman–Crippen LogP) is 0.302. The van der Waals surface area contributed by atoms with Gasteiger partial charge in [0.15, 0.2) is 0 Å². The molecular formula is C8H10N2O3. The van der Waals surface area contributed by atoms with Gasteiger partial charge in [-0.3, -0.25) is 9.59 Å².